The molecule has 1 aromatic carbocycles. The second-order valence-corrected chi connectivity index (χ2v) is 6.81. The van der Waals surface area contributed by atoms with Gasteiger partial charge in [0.2, 0.25) is 0 Å². The van der Waals surface area contributed by atoms with Crippen LogP contribution in [0.3, 0.4) is 0 Å². The third-order valence-electron chi connectivity index (χ3n) is 2.32. The van der Waals surface area contributed by atoms with Gasteiger partial charge in [-0.3, -0.25) is 0 Å². The van der Waals surface area contributed by atoms with Crippen molar-refractivity contribution in [1.29, 1.82) is 0 Å². The number of hydrogen-bond acceptors (Lipinski definition) is 1. The van der Waals surface area contributed by atoms with Crippen LogP contribution in [0.5, 0.6) is 0 Å². The Morgan fingerprint density at radius 1 is 1.29 bits per heavy atom. The van der Waals surface area contributed by atoms with Gasteiger partial charge in [-0.2, -0.15) is 0 Å². The zero-order valence-corrected chi connectivity index (χ0v) is 9.87. The summed E-state index contributed by atoms with van der Waals surface area (Å²) in [5.74, 6) is -0.970. The first-order valence-corrected chi connectivity index (χ1v) is 7.47. The van der Waals surface area contributed by atoms with Crippen LogP contribution in [-0.2, 0) is 6.54 Å². The van der Waals surface area contributed by atoms with Gasteiger partial charge in [0.1, 0.15) is 20.6 Å². The molecule has 0 aliphatic rings. The van der Waals surface area contributed by atoms with Gasteiger partial charge in [-0.05, 0) is 13.1 Å². The summed E-state index contributed by atoms with van der Waals surface area (Å²) >= 11 is 0. The molecule has 1 rings (SSSR count). The van der Waals surface area contributed by atoms with Gasteiger partial charge in [-0.1, -0.05) is 19.2 Å². The summed E-state index contributed by atoms with van der Waals surface area (Å²) < 4.78 is 28.0. The fraction of sp³-hybridized carbons (Fsp3) is 0.400. The lowest BCUT2D eigenvalue weighted by molar-refractivity contribution is 0.490. The summed E-state index contributed by atoms with van der Waals surface area (Å²) in [6.45, 7) is 4.90. The van der Waals surface area contributed by atoms with E-state index in [0.717, 1.165) is 6.07 Å². The summed E-state index contributed by atoms with van der Waals surface area (Å²) in [5.41, 5.74) is 0.565. The van der Waals surface area contributed by atoms with Crippen molar-refractivity contribution in [3.05, 3.63) is 35.4 Å². The Labute approximate surface area is 85.0 Å². The first kappa shape index (κ1) is 11.3. The van der Waals surface area contributed by atoms with Gasteiger partial charge < -0.3 is 4.57 Å². The van der Waals surface area contributed by atoms with E-state index in [1.54, 1.807) is 0 Å². The highest BCUT2D eigenvalue weighted by molar-refractivity contribution is 6.52. The van der Waals surface area contributed by atoms with Crippen molar-refractivity contribution >= 4 is 8.96 Å². The number of rotatable bonds is 3. The molecule has 0 atom stereocenters. The Morgan fingerprint density at radius 2 is 1.93 bits per heavy atom. The molecule has 0 aliphatic heterocycles. The molecular formula is C10H15F2NSi. The Bertz CT molecular complexity index is 315. The standard InChI is InChI=1S/C10H15F2NSi/c1-13(14(2)3)7-8-4-5-9(11)6-10(8)12/h4-6,14H,7H2,1-3H3. The summed E-state index contributed by atoms with van der Waals surface area (Å²) in [6.07, 6.45) is 0. The van der Waals surface area contributed by atoms with Crippen molar-refractivity contribution < 1.29 is 8.78 Å². The van der Waals surface area contributed by atoms with Gasteiger partial charge in [0.05, 0.1) is 0 Å². The zero-order chi connectivity index (χ0) is 10.7. The molecule has 0 aliphatic carbocycles. The van der Waals surface area contributed by atoms with Crippen LogP contribution in [0.2, 0.25) is 13.1 Å². The molecule has 0 saturated carbocycles. The molecule has 0 N–H and O–H groups in total. The van der Waals surface area contributed by atoms with E-state index in [9.17, 15) is 8.78 Å². The molecule has 1 nitrogen and oxygen atoms in total. The lowest BCUT2D eigenvalue weighted by Crippen LogP contribution is -2.30. The van der Waals surface area contributed by atoms with Crippen LogP contribution in [0.4, 0.5) is 8.78 Å². The maximum Gasteiger partial charge on any atom is 0.130 e. The summed E-state index contributed by atoms with van der Waals surface area (Å²) in [4.78, 5) is 0. The summed E-state index contributed by atoms with van der Waals surface area (Å²) in [7, 11) is 1.08. The van der Waals surface area contributed by atoms with E-state index in [1.807, 2.05) is 7.05 Å². The Balaban J connectivity index is 2.77. The minimum Gasteiger partial charge on any atom is -0.325 e. The van der Waals surface area contributed by atoms with Crippen LogP contribution >= 0.6 is 0 Å². The van der Waals surface area contributed by atoms with Crippen molar-refractivity contribution in [3.63, 3.8) is 0 Å². The molecule has 14 heavy (non-hydrogen) atoms. The van der Waals surface area contributed by atoms with E-state index in [-0.39, 0.29) is 0 Å². The normalized spacial score (nSPS) is 11.4. The van der Waals surface area contributed by atoms with E-state index in [1.165, 1.54) is 12.1 Å². The molecule has 0 unspecified atom stereocenters. The number of halogens is 2. The van der Waals surface area contributed by atoms with Gasteiger partial charge in [0.25, 0.3) is 0 Å². The minimum atomic E-state index is -0.894. The lowest BCUT2D eigenvalue weighted by Gasteiger charge is -2.20. The fourth-order valence-electron chi connectivity index (χ4n) is 1.10. The molecule has 0 fully saturated rings. The van der Waals surface area contributed by atoms with Gasteiger partial charge in [0, 0.05) is 18.2 Å². The highest BCUT2D eigenvalue weighted by atomic mass is 28.3. The predicted molar refractivity (Wildman–Crippen MR) is 56.7 cm³/mol. The molecule has 0 aromatic heterocycles. The molecule has 4 heteroatoms. The van der Waals surface area contributed by atoms with Gasteiger partial charge in [-0.25, -0.2) is 8.78 Å². The maximum atomic E-state index is 13.2. The SMILES string of the molecule is CN(Cc1ccc(F)cc1F)[SiH](C)C. The van der Waals surface area contributed by atoms with Crippen LogP contribution in [-0.4, -0.2) is 20.6 Å². The fourth-order valence-corrected chi connectivity index (χ4v) is 1.66. The van der Waals surface area contributed by atoms with Gasteiger partial charge in [0.15, 0.2) is 0 Å². The molecule has 0 amide bonds. The zero-order valence-electron chi connectivity index (χ0n) is 8.72. The molecule has 78 valence electrons. The largest absolute Gasteiger partial charge is 0.325 e. The van der Waals surface area contributed by atoms with Crippen molar-refractivity contribution in [1.82, 2.24) is 4.57 Å². The van der Waals surface area contributed by atoms with Gasteiger partial charge in [-0.15, -0.1) is 0 Å². The molecule has 1 aromatic rings. The van der Waals surface area contributed by atoms with E-state index in [2.05, 4.69) is 17.7 Å². The molecular weight excluding hydrogens is 200 g/mol. The highest BCUT2D eigenvalue weighted by Gasteiger charge is 2.09. The number of nitrogens with zero attached hydrogens (tertiary/aromatic N) is 1. The van der Waals surface area contributed by atoms with E-state index < -0.39 is 20.6 Å². The predicted octanol–water partition coefficient (Wildman–Crippen LogP) is 2.38. The topological polar surface area (TPSA) is 3.24 Å². The van der Waals surface area contributed by atoms with Crippen LogP contribution in [0.25, 0.3) is 0 Å². The molecule has 0 bridgehead atoms. The maximum absolute atomic E-state index is 13.2. The van der Waals surface area contributed by atoms with E-state index in [4.69, 9.17) is 0 Å². The Kier molecular flexibility index (Phi) is 3.77. The van der Waals surface area contributed by atoms with Crippen molar-refractivity contribution in [2.24, 2.45) is 0 Å². The van der Waals surface area contributed by atoms with Crippen LogP contribution in [0.15, 0.2) is 18.2 Å². The minimum absolute atomic E-state index is 0.452. The molecule has 0 radical (unpaired) electrons. The van der Waals surface area contributed by atoms with Crippen molar-refractivity contribution in [2.45, 2.75) is 19.6 Å². The highest BCUT2D eigenvalue weighted by Crippen LogP contribution is 2.11. The third kappa shape index (κ3) is 2.89. The first-order valence-electron chi connectivity index (χ1n) is 4.65. The number of hydrogen-bond donors (Lipinski definition) is 0. The second-order valence-electron chi connectivity index (χ2n) is 3.74. The van der Waals surface area contributed by atoms with Gasteiger partial charge >= 0.3 is 0 Å². The first-order chi connectivity index (χ1) is 6.50. The van der Waals surface area contributed by atoms with Crippen LogP contribution in [0.1, 0.15) is 5.56 Å². The van der Waals surface area contributed by atoms with Crippen LogP contribution < -0.4 is 0 Å². The second kappa shape index (κ2) is 4.66. The average molecular weight is 215 g/mol. The monoisotopic (exact) mass is 215 g/mol. The Hall–Kier alpha value is -0.743. The van der Waals surface area contributed by atoms with E-state index in [0.29, 0.717) is 12.1 Å². The van der Waals surface area contributed by atoms with Crippen molar-refractivity contribution in [2.75, 3.05) is 7.05 Å². The summed E-state index contributed by atoms with van der Waals surface area (Å²) in [5, 5.41) is 0. The smallest absolute Gasteiger partial charge is 0.130 e. The Morgan fingerprint density at radius 3 is 2.43 bits per heavy atom. The van der Waals surface area contributed by atoms with Crippen LogP contribution in [0, 0.1) is 11.6 Å². The molecule has 0 heterocycles. The third-order valence-corrected chi connectivity index (χ3v) is 4.26. The quantitative estimate of drug-likeness (QED) is 0.700. The molecule has 0 spiro atoms. The average Bonchev–Trinajstić information content (AvgIpc) is 2.09. The molecule has 0 saturated heterocycles. The lowest BCUT2D eigenvalue weighted by atomic mass is 10.2. The number of benzene rings is 1. The summed E-state index contributed by atoms with van der Waals surface area (Å²) in [6, 6.07) is 3.75. The van der Waals surface area contributed by atoms with E-state index >= 15 is 0 Å². The van der Waals surface area contributed by atoms with Crippen molar-refractivity contribution in [3.8, 4) is 0 Å².